The van der Waals surface area contributed by atoms with Crippen molar-refractivity contribution < 1.29 is 9.59 Å². The van der Waals surface area contributed by atoms with Gasteiger partial charge >= 0.3 is 6.03 Å². The number of hydrogen-bond donors (Lipinski definition) is 2. The van der Waals surface area contributed by atoms with Crippen LogP contribution in [-0.2, 0) is 0 Å². The highest BCUT2D eigenvalue weighted by atomic mass is 16.2. The van der Waals surface area contributed by atoms with Gasteiger partial charge < -0.3 is 16.0 Å². The fourth-order valence-electron chi connectivity index (χ4n) is 3.88. The predicted molar refractivity (Wildman–Crippen MR) is 85.7 cm³/mol. The number of likely N-dealkylation sites (tertiary alicyclic amines) is 1. The second-order valence-electron chi connectivity index (χ2n) is 6.32. The summed E-state index contributed by atoms with van der Waals surface area (Å²) in [5.74, 6) is 0.796. The van der Waals surface area contributed by atoms with E-state index in [2.05, 4.69) is 10.2 Å². The monoisotopic (exact) mass is 301 g/mol. The summed E-state index contributed by atoms with van der Waals surface area (Å²) in [7, 11) is 0. The lowest BCUT2D eigenvalue weighted by Gasteiger charge is -2.44. The molecule has 1 aromatic carbocycles. The van der Waals surface area contributed by atoms with Crippen LogP contribution in [0.3, 0.4) is 0 Å². The Labute approximate surface area is 130 Å². The number of amides is 3. The van der Waals surface area contributed by atoms with Gasteiger partial charge in [-0.25, -0.2) is 4.79 Å². The number of nitrogens with one attached hydrogen (secondary N) is 1. The molecule has 1 saturated heterocycles. The van der Waals surface area contributed by atoms with Crippen LogP contribution in [0, 0.1) is 5.92 Å². The van der Waals surface area contributed by atoms with Gasteiger partial charge in [0.25, 0.3) is 5.91 Å². The van der Waals surface area contributed by atoms with Crippen LogP contribution in [0.5, 0.6) is 0 Å². The quantitative estimate of drug-likeness (QED) is 0.881. The Morgan fingerprint density at radius 2 is 1.73 bits per heavy atom. The van der Waals surface area contributed by atoms with Crippen LogP contribution in [-0.4, -0.2) is 29.4 Å². The maximum atomic E-state index is 12.8. The van der Waals surface area contributed by atoms with E-state index in [1.807, 2.05) is 0 Å². The van der Waals surface area contributed by atoms with E-state index in [-0.39, 0.29) is 5.91 Å². The van der Waals surface area contributed by atoms with Crippen molar-refractivity contribution in [2.24, 2.45) is 11.7 Å². The van der Waals surface area contributed by atoms with Crippen LogP contribution in [0.1, 0.15) is 48.9 Å². The van der Waals surface area contributed by atoms with E-state index < -0.39 is 6.03 Å². The molecule has 1 aromatic rings. The second kappa shape index (κ2) is 6.38. The van der Waals surface area contributed by atoms with Crippen LogP contribution < -0.4 is 11.1 Å². The number of urea groups is 1. The number of carbonyl (C=O) groups excluding carboxylic acids is 2. The molecule has 1 aliphatic heterocycles. The summed E-state index contributed by atoms with van der Waals surface area (Å²) < 4.78 is 0. The Morgan fingerprint density at radius 1 is 1.05 bits per heavy atom. The average molecular weight is 301 g/mol. The number of anilines is 1. The molecule has 2 unspecified atom stereocenters. The molecule has 2 atom stereocenters. The predicted octanol–water partition coefficient (Wildman–Crippen LogP) is 2.97. The summed E-state index contributed by atoms with van der Waals surface area (Å²) in [4.78, 5) is 25.7. The summed E-state index contributed by atoms with van der Waals surface area (Å²) in [6.45, 7) is 0.862. The third-order valence-electron chi connectivity index (χ3n) is 4.90. The van der Waals surface area contributed by atoms with Crippen LogP contribution in [0.2, 0.25) is 0 Å². The fraction of sp³-hybridized carbons (Fsp3) is 0.529. The van der Waals surface area contributed by atoms with Crippen molar-refractivity contribution >= 4 is 17.6 Å². The molecule has 1 aliphatic carbocycles. The Morgan fingerprint density at radius 3 is 2.45 bits per heavy atom. The van der Waals surface area contributed by atoms with Crippen LogP contribution >= 0.6 is 0 Å². The average Bonchev–Trinajstić information content (AvgIpc) is 2.54. The molecular formula is C17H23N3O2. The molecule has 5 nitrogen and oxygen atoms in total. The molecule has 2 fully saturated rings. The zero-order valence-corrected chi connectivity index (χ0v) is 12.8. The Hall–Kier alpha value is -2.04. The summed E-state index contributed by atoms with van der Waals surface area (Å²) in [5.41, 5.74) is 6.38. The lowest BCUT2D eigenvalue weighted by Crippen LogP contribution is -2.49. The van der Waals surface area contributed by atoms with E-state index in [1.165, 1.54) is 25.7 Å². The maximum absolute atomic E-state index is 12.8. The molecule has 3 amide bonds. The second-order valence-corrected chi connectivity index (χ2v) is 6.32. The van der Waals surface area contributed by atoms with Gasteiger partial charge in [0.05, 0.1) is 0 Å². The zero-order valence-electron chi connectivity index (χ0n) is 12.8. The summed E-state index contributed by atoms with van der Waals surface area (Å²) in [6.07, 6.45) is 7.29. The van der Waals surface area contributed by atoms with Crippen molar-refractivity contribution in [3.8, 4) is 0 Å². The van der Waals surface area contributed by atoms with Crippen molar-refractivity contribution in [2.75, 3.05) is 11.9 Å². The third kappa shape index (κ3) is 3.08. The van der Waals surface area contributed by atoms with Gasteiger partial charge in [-0.1, -0.05) is 12.8 Å². The van der Waals surface area contributed by atoms with Gasteiger partial charge in [-0.3, -0.25) is 4.79 Å². The number of hydrogen-bond acceptors (Lipinski definition) is 2. The van der Waals surface area contributed by atoms with E-state index >= 15 is 0 Å². The van der Waals surface area contributed by atoms with Gasteiger partial charge in [0.15, 0.2) is 0 Å². The van der Waals surface area contributed by atoms with Gasteiger partial charge in [-0.2, -0.15) is 0 Å². The lowest BCUT2D eigenvalue weighted by atomic mass is 9.78. The first-order valence-electron chi connectivity index (χ1n) is 8.12. The molecular weight excluding hydrogens is 278 g/mol. The normalized spacial score (nSPS) is 24.5. The first kappa shape index (κ1) is 14.9. The SMILES string of the molecule is NC(=O)Nc1ccc(C(=O)N2CCCC3CCCCC32)cc1. The molecule has 5 heteroatoms. The molecule has 3 N–H and O–H groups in total. The molecule has 0 radical (unpaired) electrons. The molecule has 2 aliphatic rings. The molecule has 3 rings (SSSR count). The first-order valence-corrected chi connectivity index (χ1v) is 8.12. The maximum Gasteiger partial charge on any atom is 0.316 e. The molecule has 1 saturated carbocycles. The molecule has 1 heterocycles. The third-order valence-corrected chi connectivity index (χ3v) is 4.90. The highest BCUT2D eigenvalue weighted by Crippen LogP contribution is 2.35. The first-order chi connectivity index (χ1) is 10.6. The summed E-state index contributed by atoms with van der Waals surface area (Å²) in [6, 6.07) is 6.79. The van der Waals surface area contributed by atoms with E-state index in [1.54, 1.807) is 24.3 Å². The Kier molecular flexibility index (Phi) is 4.32. The van der Waals surface area contributed by atoms with E-state index in [4.69, 9.17) is 5.73 Å². The lowest BCUT2D eigenvalue weighted by molar-refractivity contribution is 0.0390. The number of nitrogens with two attached hydrogens (primary N) is 1. The number of piperidine rings is 1. The van der Waals surface area contributed by atoms with Gasteiger partial charge in [-0.05, 0) is 55.9 Å². The molecule has 22 heavy (non-hydrogen) atoms. The molecule has 0 aromatic heterocycles. The van der Waals surface area contributed by atoms with Gasteiger partial charge in [0.2, 0.25) is 0 Å². The Balaban J connectivity index is 1.73. The molecule has 0 bridgehead atoms. The van der Waals surface area contributed by atoms with Crippen LogP contribution in [0.15, 0.2) is 24.3 Å². The minimum absolute atomic E-state index is 0.113. The van der Waals surface area contributed by atoms with Gasteiger partial charge in [0, 0.05) is 23.8 Å². The number of fused-ring (bicyclic) bond motifs is 1. The Bertz CT molecular complexity index is 554. The summed E-state index contributed by atoms with van der Waals surface area (Å²) in [5, 5.41) is 2.51. The van der Waals surface area contributed by atoms with Crippen molar-refractivity contribution in [3.05, 3.63) is 29.8 Å². The van der Waals surface area contributed by atoms with E-state index in [0.717, 1.165) is 19.4 Å². The highest BCUT2D eigenvalue weighted by molar-refractivity contribution is 5.95. The number of nitrogens with zero attached hydrogens (tertiary/aromatic N) is 1. The number of carbonyl (C=O) groups is 2. The van der Waals surface area contributed by atoms with Crippen LogP contribution in [0.25, 0.3) is 0 Å². The van der Waals surface area contributed by atoms with E-state index in [9.17, 15) is 9.59 Å². The van der Waals surface area contributed by atoms with Crippen LogP contribution in [0.4, 0.5) is 10.5 Å². The van der Waals surface area contributed by atoms with Crippen molar-refractivity contribution in [2.45, 2.75) is 44.6 Å². The number of rotatable bonds is 2. The topological polar surface area (TPSA) is 75.4 Å². The summed E-state index contributed by atoms with van der Waals surface area (Å²) >= 11 is 0. The number of primary amides is 1. The van der Waals surface area contributed by atoms with Crippen molar-refractivity contribution in [1.82, 2.24) is 4.90 Å². The minimum atomic E-state index is -0.597. The zero-order chi connectivity index (χ0) is 15.5. The van der Waals surface area contributed by atoms with Gasteiger partial charge in [-0.15, -0.1) is 0 Å². The minimum Gasteiger partial charge on any atom is -0.351 e. The highest BCUT2D eigenvalue weighted by Gasteiger charge is 2.35. The fourth-order valence-corrected chi connectivity index (χ4v) is 3.88. The van der Waals surface area contributed by atoms with Crippen molar-refractivity contribution in [3.63, 3.8) is 0 Å². The van der Waals surface area contributed by atoms with Crippen molar-refractivity contribution in [1.29, 1.82) is 0 Å². The molecule has 118 valence electrons. The smallest absolute Gasteiger partial charge is 0.316 e. The van der Waals surface area contributed by atoms with Gasteiger partial charge in [0.1, 0.15) is 0 Å². The standard InChI is InChI=1S/C17H23N3O2/c18-17(22)19-14-9-7-13(8-10-14)16(21)20-11-3-5-12-4-1-2-6-15(12)20/h7-10,12,15H,1-6,11H2,(H3,18,19,22). The number of benzene rings is 1. The largest absolute Gasteiger partial charge is 0.351 e. The molecule has 0 spiro atoms. The van der Waals surface area contributed by atoms with E-state index in [0.29, 0.717) is 23.2 Å².